The van der Waals surface area contributed by atoms with Crippen LogP contribution in [-0.4, -0.2) is 77.1 Å². The van der Waals surface area contributed by atoms with Crippen molar-refractivity contribution < 1.29 is 9.90 Å². The highest BCUT2D eigenvalue weighted by Gasteiger charge is 2.37. The molecule has 2 saturated heterocycles. The monoisotopic (exact) mass is 519 g/mol. The third-order valence-corrected chi connectivity index (χ3v) is 9.19. The van der Waals surface area contributed by atoms with Crippen LogP contribution in [0.15, 0.2) is 36.5 Å². The minimum Gasteiger partial charge on any atom is -0.504 e. The summed E-state index contributed by atoms with van der Waals surface area (Å²) in [5, 5.41) is 13.8. The van der Waals surface area contributed by atoms with Gasteiger partial charge in [-0.3, -0.25) is 14.6 Å². The number of nitrogens with one attached hydrogen (secondary N) is 1. The fourth-order valence-electron chi connectivity index (χ4n) is 6.46. The summed E-state index contributed by atoms with van der Waals surface area (Å²) in [4.78, 5) is 24.5. The van der Waals surface area contributed by atoms with E-state index in [0.717, 1.165) is 45.8 Å². The topological polar surface area (TPSA) is 71.9 Å². The number of carbonyl (C=O) groups excluding carboxylic acids is 1. The van der Waals surface area contributed by atoms with Gasteiger partial charge in [0.2, 0.25) is 0 Å². The van der Waals surface area contributed by atoms with Gasteiger partial charge in [-0.25, -0.2) is 4.98 Å². The minimum atomic E-state index is -0.142. The molecule has 2 aliphatic heterocycles. The molecule has 1 aliphatic carbocycles. The van der Waals surface area contributed by atoms with E-state index in [1.807, 2.05) is 0 Å². The summed E-state index contributed by atoms with van der Waals surface area (Å²) in [5.74, 6) is 1.12. The smallest absolute Gasteiger partial charge is 0.252 e. The first-order valence-electron chi connectivity index (χ1n) is 14.6. The average molecular weight is 520 g/mol. The normalized spacial score (nSPS) is 21.4. The number of piperazine rings is 1. The molecule has 1 aromatic carbocycles. The first kappa shape index (κ1) is 26.9. The molecular weight excluding hydrogens is 474 g/mol. The van der Waals surface area contributed by atoms with E-state index in [2.05, 4.69) is 63.1 Å². The highest BCUT2D eigenvalue weighted by molar-refractivity contribution is 5.94. The van der Waals surface area contributed by atoms with Crippen molar-refractivity contribution in [2.45, 2.75) is 70.9 Å². The Labute approximate surface area is 228 Å². The van der Waals surface area contributed by atoms with Crippen molar-refractivity contribution in [3.63, 3.8) is 0 Å². The zero-order chi connectivity index (χ0) is 26.5. The summed E-state index contributed by atoms with van der Waals surface area (Å²) in [6.45, 7) is 12.1. The Balaban J connectivity index is 1.09. The number of piperidine rings is 1. The van der Waals surface area contributed by atoms with Gasteiger partial charge >= 0.3 is 0 Å². The lowest BCUT2D eigenvalue weighted by atomic mass is 9.87. The second-order valence-electron chi connectivity index (χ2n) is 12.0. The van der Waals surface area contributed by atoms with Crippen molar-refractivity contribution >= 4 is 11.7 Å². The molecule has 206 valence electrons. The summed E-state index contributed by atoms with van der Waals surface area (Å²) < 4.78 is 0. The van der Waals surface area contributed by atoms with Gasteiger partial charge in [-0.15, -0.1) is 0 Å². The molecule has 7 heteroatoms. The van der Waals surface area contributed by atoms with E-state index in [1.54, 1.807) is 12.3 Å². The summed E-state index contributed by atoms with van der Waals surface area (Å²) in [6.07, 6.45) is 10.2. The lowest BCUT2D eigenvalue weighted by Crippen LogP contribution is -2.59. The maximum absolute atomic E-state index is 12.6. The molecule has 1 aromatic heterocycles. The maximum atomic E-state index is 12.6. The number of amides is 1. The Bertz CT molecular complexity index is 1070. The van der Waals surface area contributed by atoms with Crippen LogP contribution in [0.3, 0.4) is 0 Å². The Kier molecular flexibility index (Phi) is 8.54. The third kappa shape index (κ3) is 6.49. The molecule has 0 unspecified atom stereocenters. The number of aryl methyl sites for hydroxylation is 1. The van der Waals surface area contributed by atoms with Crippen LogP contribution in [0.25, 0.3) is 0 Å². The molecule has 0 bridgehead atoms. The molecular formula is C31H45N5O2. The van der Waals surface area contributed by atoms with Crippen LogP contribution in [-0.2, 0) is 6.54 Å². The second kappa shape index (κ2) is 12.0. The predicted molar refractivity (Wildman–Crippen MR) is 153 cm³/mol. The highest BCUT2D eigenvalue weighted by Crippen LogP contribution is 2.32. The van der Waals surface area contributed by atoms with Gasteiger partial charge in [0, 0.05) is 64.1 Å². The zero-order valence-electron chi connectivity index (χ0n) is 23.3. The van der Waals surface area contributed by atoms with E-state index in [-0.39, 0.29) is 17.2 Å². The molecule has 3 fully saturated rings. The van der Waals surface area contributed by atoms with Crippen LogP contribution in [0, 0.1) is 12.8 Å². The van der Waals surface area contributed by atoms with Crippen molar-refractivity contribution in [1.29, 1.82) is 0 Å². The number of nitrogens with zero attached hydrogens (tertiary/aromatic N) is 4. The average Bonchev–Trinajstić information content (AvgIpc) is 2.95. The number of aromatic nitrogens is 1. The van der Waals surface area contributed by atoms with Crippen LogP contribution in [0.4, 0.5) is 5.82 Å². The van der Waals surface area contributed by atoms with E-state index in [4.69, 9.17) is 0 Å². The molecule has 1 saturated carbocycles. The van der Waals surface area contributed by atoms with Gasteiger partial charge < -0.3 is 15.3 Å². The van der Waals surface area contributed by atoms with Crippen molar-refractivity contribution in [3.8, 4) is 5.75 Å². The standard InChI is InChI=1S/C31H45N5O2/c1-24-8-10-26(11-9-24)23-34-14-12-31(2,13-15-34)36-18-16-35(17-19-36)29-28(37)20-27(22-32-29)30(38)33-21-25-6-4-3-5-7-25/h8-11,20,22,25,37H,3-7,12-19,21,23H2,1-2H3,(H,33,38). The number of carbonyl (C=O) groups is 1. The Hall–Kier alpha value is -2.64. The van der Waals surface area contributed by atoms with E-state index < -0.39 is 0 Å². The molecule has 0 radical (unpaired) electrons. The van der Waals surface area contributed by atoms with Crippen LogP contribution in [0.5, 0.6) is 5.75 Å². The fraction of sp³-hybridized carbons (Fsp3) is 0.613. The summed E-state index contributed by atoms with van der Waals surface area (Å²) in [5.41, 5.74) is 3.36. The first-order valence-corrected chi connectivity index (χ1v) is 14.6. The molecule has 0 spiro atoms. The number of anilines is 1. The summed E-state index contributed by atoms with van der Waals surface area (Å²) in [6, 6.07) is 10.5. The van der Waals surface area contributed by atoms with Crippen LogP contribution >= 0.6 is 0 Å². The van der Waals surface area contributed by atoms with Crippen molar-refractivity contribution in [2.75, 3.05) is 50.7 Å². The number of benzene rings is 1. The molecule has 2 aromatic rings. The number of likely N-dealkylation sites (tertiary alicyclic amines) is 1. The predicted octanol–water partition coefficient (Wildman–Crippen LogP) is 4.58. The van der Waals surface area contributed by atoms with Crippen LogP contribution < -0.4 is 10.2 Å². The minimum absolute atomic E-state index is 0.0967. The van der Waals surface area contributed by atoms with Crippen molar-refractivity contribution in [3.05, 3.63) is 53.2 Å². The van der Waals surface area contributed by atoms with Gasteiger partial charge in [-0.1, -0.05) is 49.1 Å². The molecule has 38 heavy (non-hydrogen) atoms. The van der Waals surface area contributed by atoms with Gasteiger partial charge in [0.15, 0.2) is 11.6 Å². The number of aromatic hydroxyl groups is 1. The second-order valence-corrected chi connectivity index (χ2v) is 12.0. The Morgan fingerprint density at radius 3 is 2.37 bits per heavy atom. The third-order valence-electron chi connectivity index (χ3n) is 9.19. The van der Waals surface area contributed by atoms with Crippen LogP contribution in [0.2, 0.25) is 0 Å². The first-order chi connectivity index (χ1) is 18.4. The molecule has 3 aliphatic rings. The van der Waals surface area contributed by atoms with Gasteiger partial charge in [-0.2, -0.15) is 0 Å². The van der Waals surface area contributed by atoms with Crippen LogP contribution in [0.1, 0.15) is 73.4 Å². The lowest BCUT2D eigenvalue weighted by Gasteiger charge is -2.50. The largest absolute Gasteiger partial charge is 0.504 e. The van der Waals surface area contributed by atoms with E-state index in [0.29, 0.717) is 23.8 Å². The molecule has 1 amide bonds. The van der Waals surface area contributed by atoms with Gasteiger partial charge in [0.1, 0.15) is 0 Å². The van der Waals surface area contributed by atoms with Gasteiger partial charge in [0.25, 0.3) is 5.91 Å². The Morgan fingerprint density at radius 1 is 1.03 bits per heavy atom. The van der Waals surface area contributed by atoms with Crippen molar-refractivity contribution in [2.24, 2.45) is 5.92 Å². The van der Waals surface area contributed by atoms with Gasteiger partial charge in [0.05, 0.1) is 5.56 Å². The molecule has 5 rings (SSSR count). The zero-order valence-corrected chi connectivity index (χ0v) is 23.3. The van der Waals surface area contributed by atoms with Gasteiger partial charge in [-0.05, 0) is 57.1 Å². The number of pyridine rings is 1. The highest BCUT2D eigenvalue weighted by atomic mass is 16.3. The van der Waals surface area contributed by atoms with E-state index in [1.165, 1.54) is 56.1 Å². The fourth-order valence-corrected chi connectivity index (χ4v) is 6.46. The number of hydrogen-bond donors (Lipinski definition) is 2. The maximum Gasteiger partial charge on any atom is 0.252 e. The molecule has 7 nitrogen and oxygen atoms in total. The lowest BCUT2D eigenvalue weighted by molar-refractivity contribution is 0.0277. The summed E-state index contributed by atoms with van der Waals surface area (Å²) in [7, 11) is 0. The number of hydrogen-bond acceptors (Lipinski definition) is 6. The van der Waals surface area contributed by atoms with E-state index in [9.17, 15) is 9.90 Å². The Morgan fingerprint density at radius 2 is 1.71 bits per heavy atom. The quantitative estimate of drug-likeness (QED) is 0.558. The molecule has 0 atom stereocenters. The van der Waals surface area contributed by atoms with E-state index >= 15 is 0 Å². The number of rotatable bonds is 7. The molecule has 3 heterocycles. The summed E-state index contributed by atoms with van der Waals surface area (Å²) >= 11 is 0. The van der Waals surface area contributed by atoms with Crippen molar-refractivity contribution in [1.82, 2.24) is 20.1 Å². The SMILES string of the molecule is Cc1ccc(CN2CCC(C)(N3CCN(c4ncc(C(=O)NCC5CCCCC5)cc4O)CC3)CC2)cc1. The molecule has 2 N–H and O–H groups in total.